The molecule has 16 nitrogen and oxygen atoms in total. The predicted molar refractivity (Wildman–Crippen MR) is 259 cm³/mol. The van der Waals surface area contributed by atoms with Crippen LogP contribution in [0, 0.1) is 6.92 Å². The molecule has 3 aromatic heterocycles. The fourth-order valence-electron chi connectivity index (χ4n) is 11.0. The third-order valence-corrected chi connectivity index (χ3v) is 14.8. The highest BCUT2D eigenvalue weighted by Gasteiger charge is 2.39. The molecule has 3 saturated heterocycles. The van der Waals surface area contributed by atoms with Gasteiger partial charge < -0.3 is 19.9 Å². The van der Waals surface area contributed by atoms with Gasteiger partial charge in [-0.3, -0.25) is 43.7 Å². The first kappa shape index (κ1) is 45.3. The number of fused-ring (bicyclic) bond motifs is 2. The lowest BCUT2D eigenvalue weighted by atomic mass is 9.87. The highest BCUT2D eigenvalue weighted by Crippen LogP contribution is 2.35. The van der Waals surface area contributed by atoms with Crippen molar-refractivity contribution < 1.29 is 23.9 Å². The van der Waals surface area contributed by atoms with E-state index in [2.05, 4.69) is 77.8 Å². The first-order valence-electron chi connectivity index (χ1n) is 24.4. The van der Waals surface area contributed by atoms with E-state index in [1.807, 2.05) is 18.3 Å². The van der Waals surface area contributed by atoms with Crippen LogP contribution in [-0.2, 0) is 22.7 Å². The van der Waals surface area contributed by atoms with Crippen molar-refractivity contribution in [2.75, 3.05) is 62.6 Å². The molecule has 4 aliphatic heterocycles. The molecule has 1 saturated carbocycles. The van der Waals surface area contributed by atoms with E-state index in [4.69, 9.17) is 9.72 Å². The highest BCUT2D eigenvalue weighted by molar-refractivity contribution is 6.05. The van der Waals surface area contributed by atoms with Crippen LogP contribution < -0.4 is 25.8 Å². The monoisotopic (exact) mass is 920 g/mol. The average molecular weight is 921 g/mol. The fraction of sp³-hybridized carbons (Fsp3) is 0.462. The summed E-state index contributed by atoms with van der Waals surface area (Å²) in [5.74, 6) is 1.28. The molecule has 1 atom stereocenters. The predicted octanol–water partition coefficient (Wildman–Crippen LogP) is 6.29. The summed E-state index contributed by atoms with van der Waals surface area (Å²) in [5, 5.41) is 6.33. The molecule has 5 aliphatic rings. The van der Waals surface area contributed by atoms with Gasteiger partial charge in [0.1, 0.15) is 23.3 Å². The molecule has 2 N–H and O–H groups in total. The van der Waals surface area contributed by atoms with Gasteiger partial charge in [-0.15, -0.1) is 0 Å². The summed E-state index contributed by atoms with van der Waals surface area (Å²) in [6, 6.07) is 18.1. The molecule has 0 spiro atoms. The number of nitrogens with one attached hydrogen (secondary N) is 2. The molecule has 3 amide bonds. The maximum Gasteiger partial charge on any atom is 0.263 e. The fourth-order valence-corrected chi connectivity index (χ4v) is 11.0. The molecular weight excluding hydrogens is 861 g/mol. The SMILES string of the molecule is CC(=O)c1c(C)c2cnc(Nc3ccc(N4CCN(CCCOc5ccc(CN6CCC(c7ccc8c(c7)CN(C7CCC(=O)NC7=O)C8=O)CC6)cc5)CC4)cn3)nc2n(C2CCCC2)c1=O. The first-order valence-corrected chi connectivity index (χ1v) is 24.4. The minimum atomic E-state index is -0.593. The van der Waals surface area contributed by atoms with Crippen LogP contribution in [0.15, 0.2) is 71.8 Å². The number of imide groups is 1. The third-order valence-electron chi connectivity index (χ3n) is 14.8. The molecule has 354 valence electrons. The van der Waals surface area contributed by atoms with Crippen LogP contribution >= 0.6 is 0 Å². The zero-order valence-electron chi connectivity index (χ0n) is 39.0. The normalized spacial score (nSPS) is 19.7. The number of nitrogens with zero attached hydrogens (tertiary/aromatic N) is 8. The van der Waals surface area contributed by atoms with Crippen molar-refractivity contribution in [1.82, 2.24) is 39.5 Å². The van der Waals surface area contributed by atoms with E-state index in [-0.39, 0.29) is 47.1 Å². The number of hydrogen-bond acceptors (Lipinski definition) is 13. The van der Waals surface area contributed by atoms with E-state index in [1.54, 1.807) is 22.6 Å². The lowest BCUT2D eigenvalue weighted by Gasteiger charge is -2.36. The lowest BCUT2D eigenvalue weighted by molar-refractivity contribution is -0.136. The molecule has 0 radical (unpaired) electrons. The minimum Gasteiger partial charge on any atom is -0.494 e. The molecule has 2 aromatic carbocycles. The molecule has 1 aliphatic carbocycles. The van der Waals surface area contributed by atoms with E-state index in [9.17, 15) is 24.0 Å². The second-order valence-corrected chi connectivity index (χ2v) is 19.2. The Morgan fingerprint density at radius 1 is 0.853 bits per heavy atom. The number of benzene rings is 2. The minimum absolute atomic E-state index is 0.0167. The number of ketones is 1. The maximum absolute atomic E-state index is 13.6. The van der Waals surface area contributed by atoms with E-state index < -0.39 is 6.04 Å². The summed E-state index contributed by atoms with van der Waals surface area (Å²) in [6.07, 6.45) is 11.1. The Morgan fingerprint density at radius 2 is 1.63 bits per heavy atom. The second-order valence-electron chi connectivity index (χ2n) is 19.2. The number of pyridine rings is 2. The van der Waals surface area contributed by atoms with Crippen molar-refractivity contribution >= 4 is 52.0 Å². The Bertz CT molecular complexity index is 2770. The Balaban J connectivity index is 0.638. The number of Topliss-reactive ketones (excluding diaryl/α,β-unsaturated/α-hetero) is 1. The number of aromatic nitrogens is 4. The standard InChI is InChI=1S/C52H60N10O6/c1-33-43-30-54-52(57-48(43)62(39-6-3-4-7-39)51(67)47(33)34(2)63)55-45-16-11-40(29-53-45)60-25-23-58(24-26-60)20-5-27-68-41-12-8-35(9-13-41)31-59-21-18-36(19-22-59)37-10-14-42-38(28-37)32-61(50(42)66)44-15-17-46(64)56-49(44)65/h8-14,16,28-30,36,39,44H,3-7,15,17-27,31-32H2,1-2H3,(H,56,64,65)(H,53,54,55,57). The van der Waals surface area contributed by atoms with Crippen LogP contribution in [0.1, 0.15) is 120 Å². The lowest BCUT2D eigenvalue weighted by Crippen LogP contribution is -2.52. The summed E-state index contributed by atoms with van der Waals surface area (Å²) < 4.78 is 7.88. The summed E-state index contributed by atoms with van der Waals surface area (Å²) in [5.41, 5.74) is 6.36. The smallest absolute Gasteiger partial charge is 0.263 e. The summed E-state index contributed by atoms with van der Waals surface area (Å²) in [6.45, 7) is 11.9. The van der Waals surface area contributed by atoms with Crippen molar-refractivity contribution in [2.45, 2.75) is 103 Å². The van der Waals surface area contributed by atoms with E-state index in [0.29, 0.717) is 59.4 Å². The van der Waals surface area contributed by atoms with Gasteiger partial charge in [-0.1, -0.05) is 37.1 Å². The van der Waals surface area contributed by atoms with Crippen LogP contribution in [0.4, 0.5) is 17.5 Å². The van der Waals surface area contributed by atoms with Gasteiger partial charge in [0.05, 0.1) is 24.1 Å². The number of carbonyl (C=O) groups excluding carboxylic acids is 4. The van der Waals surface area contributed by atoms with Gasteiger partial charge in [0, 0.05) is 75.4 Å². The van der Waals surface area contributed by atoms with Crippen LogP contribution in [0.3, 0.4) is 0 Å². The third kappa shape index (κ3) is 9.48. The van der Waals surface area contributed by atoms with Gasteiger partial charge >= 0.3 is 0 Å². The van der Waals surface area contributed by atoms with Crippen LogP contribution in [-0.4, -0.2) is 116 Å². The zero-order chi connectivity index (χ0) is 46.9. The number of hydrogen-bond donors (Lipinski definition) is 2. The molecular formula is C52H60N10O6. The zero-order valence-corrected chi connectivity index (χ0v) is 39.0. The largest absolute Gasteiger partial charge is 0.494 e. The number of carbonyl (C=O) groups is 4. The molecule has 4 fully saturated rings. The quantitative estimate of drug-likeness (QED) is 0.0724. The van der Waals surface area contributed by atoms with Crippen LogP contribution in [0.25, 0.3) is 11.0 Å². The molecule has 1 unspecified atom stereocenters. The van der Waals surface area contributed by atoms with Gasteiger partial charge in [0.25, 0.3) is 11.5 Å². The molecule has 68 heavy (non-hydrogen) atoms. The van der Waals surface area contributed by atoms with Gasteiger partial charge in [-0.25, -0.2) is 9.97 Å². The molecule has 16 heteroatoms. The Labute approximate surface area is 396 Å². The highest BCUT2D eigenvalue weighted by atomic mass is 16.5. The number of anilines is 3. The Morgan fingerprint density at radius 3 is 2.35 bits per heavy atom. The number of piperazine rings is 1. The molecule has 5 aromatic rings. The van der Waals surface area contributed by atoms with Gasteiger partial charge in [-0.05, 0) is 124 Å². The van der Waals surface area contributed by atoms with E-state index in [0.717, 1.165) is 114 Å². The summed E-state index contributed by atoms with van der Waals surface area (Å²) in [4.78, 5) is 86.4. The number of aryl methyl sites for hydroxylation is 1. The van der Waals surface area contributed by atoms with Gasteiger partial charge in [0.2, 0.25) is 17.8 Å². The van der Waals surface area contributed by atoms with E-state index in [1.165, 1.54) is 18.1 Å². The topological polar surface area (TPSA) is 175 Å². The molecule has 7 heterocycles. The Kier molecular flexibility index (Phi) is 13.0. The number of amides is 3. The van der Waals surface area contributed by atoms with Crippen molar-refractivity contribution in [2.24, 2.45) is 0 Å². The number of likely N-dealkylation sites (tertiary alicyclic amines) is 1. The van der Waals surface area contributed by atoms with Crippen molar-refractivity contribution in [1.29, 1.82) is 0 Å². The van der Waals surface area contributed by atoms with Gasteiger partial charge in [0.15, 0.2) is 5.78 Å². The first-order chi connectivity index (χ1) is 33.1. The van der Waals surface area contributed by atoms with E-state index >= 15 is 0 Å². The van der Waals surface area contributed by atoms with Crippen molar-refractivity contribution in [3.05, 3.63) is 111 Å². The van der Waals surface area contributed by atoms with Crippen molar-refractivity contribution in [3.63, 3.8) is 0 Å². The Hall–Kier alpha value is -6.52. The van der Waals surface area contributed by atoms with Crippen LogP contribution in [0.2, 0.25) is 0 Å². The van der Waals surface area contributed by atoms with Crippen LogP contribution in [0.5, 0.6) is 5.75 Å². The van der Waals surface area contributed by atoms with Gasteiger partial charge in [-0.2, -0.15) is 4.98 Å². The average Bonchev–Trinajstić information content (AvgIpc) is 3.99. The second kappa shape index (κ2) is 19.6. The molecule has 10 rings (SSSR count). The van der Waals surface area contributed by atoms with Crippen molar-refractivity contribution in [3.8, 4) is 5.75 Å². The summed E-state index contributed by atoms with van der Waals surface area (Å²) in [7, 11) is 0. The number of ether oxygens (including phenoxy) is 1. The number of piperidine rings is 2. The molecule has 0 bridgehead atoms. The number of rotatable bonds is 14. The maximum atomic E-state index is 13.6. The summed E-state index contributed by atoms with van der Waals surface area (Å²) >= 11 is 0.